The van der Waals surface area contributed by atoms with Gasteiger partial charge in [0.2, 0.25) is 0 Å². The van der Waals surface area contributed by atoms with Gasteiger partial charge in [-0.3, -0.25) is 4.79 Å². The van der Waals surface area contributed by atoms with Crippen LogP contribution in [0.25, 0.3) is 0 Å². The molecule has 0 bridgehead atoms. The van der Waals surface area contributed by atoms with E-state index in [9.17, 15) is 9.18 Å². The SMILES string of the molecule is O=C(NC1CCN(c2ncccc2F)CC1)c1ccncn1. The number of aromatic nitrogens is 3. The monoisotopic (exact) mass is 301 g/mol. The molecule has 1 saturated heterocycles. The molecule has 1 N–H and O–H groups in total. The lowest BCUT2D eigenvalue weighted by Crippen LogP contribution is -2.45. The van der Waals surface area contributed by atoms with Crippen LogP contribution in [0, 0.1) is 5.82 Å². The number of amides is 1. The lowest BCUT2D eigenvalue weighted by atomic mass is 10.0. The molecule has 1 amide bonds. The van der Waals surface area contributed by atoms with Crippen LogP contribution < -0.4 is 10.2 Å². The number of carbonyl (C=O) groups excluding carboxylic acids is 1. The Balaban J connectivity index is 1.56. The van der Waals surface area contributed by atoms with E-state index in [1.54, 1.807) is 18.3 Å². The van der Waals surface area contributed by atoms with Gasteiger partial charge in [0.15, 0.2) is 11.6 Å². The van der Waals surface area contributed by atoms with Crippen molar-refractivity contribution < 1.29 is 9.18 Å². The summed E-state index contributed by atoms with van der Waals surface area (Å²) in [6.07, 6.45) is 5.96. The summed E-state index contributed by atoms with van der Waals surface area (Å²) in [7, 11) is 0. The molecule has 3 heterocycles. The van der Waals surface area contributed by atoms with Gasteiger partial charge in [-0.25, -0.2) is 19.3 Å². The maximum Gasteiger partial charge on any atom is 0.270 e. The van der Waals surface area contributed by atoms with Crippen molar-refractivity contribution in [2.24, 2.45) is 0 Å². The van der Waals surface area contributed by atoms with Crippen molar-refractivity contribution in [2.75, 3.05) is 18.0 Å². The summed E-state index contributed by atoms with van der Waals surface area (Å²) in [6.45, 7) is 1.31. The van der Waals surface area contributed by atoms with E-state index in [1.165, 1.54) is 18.6 Å². The molecule has 22 heavy (non-hydrogen) atoms. The van der Waals surface area contributed by atoms with Crippen molar-refractivity contribution in [1.29, 1.82) is 0 Å². The summed E-state index contributed by atoms with van der Waals surface area (Å²) in [4.78, 5) is 25.7. The highest BCUT2D eigenvalue weighted by molar-refractivity contribution is 5.92. The first-order valence-electron chi connectivity index (χ1n) is 7.16. The first-order valence-corrected chi connectivity index (χ1v) is 7.16. The van der Waals surface area contributed by atoms with Crippen LogP contribution in [-0.2, 0) is 0 Å². The van der Waals surface area contributed by atoms with E-state index in [4.69, 9.17) is 0 Å². The van der Waals surface area contributed by atoms with E-state index in [0.717, 1.165) is 12.8 Å². The van der Waals surface area contributed by atoms with Crippen LogP contribution in [0.1, 0.15) is 23.3 Å². The first kappa shape index (κ1) is 14.4. The number of anilines is 1. The van der Waals surface area contributed by atoms with E-state index in [-0.39, 0.29) is 17.8 Å². The van der Waals surface area contributed by atoms with Crippen molar-refractivity contribution in [3.63, 3.8) is 0 Å². The van der Waals surface area contributed by atoms with Crippen molar-refractivity contribution in [3.05, 3.63) is 48.4 Å². The van der Waals surface area contributed by atoms with Gasteiger partial charge < -0.3 is 10.2 Å². The second-order valence-corrected chi connectivity index (χ2v) is 5.14. The normalized spacial score (nSPS) is 15.6. The van der Waals surface area contributed by atoms with E-state index >= 15 is 0 Å². The number of halogens is 1. The summed E-state index contributed by atoms with van der Waals surface area (Å²) < 4.78 is 13.7. The minimum absolute atomic E-state index is 0.0606. The Morgan fingerprint density at radius 2 is 2.05 bits per heavy atom. The van der Waals surface area contributed by atoms with Gasteiger partial charge in [-0.05, 0) is 31.0 Å². The highest BCUT2D eigenvalue weighted by atomic mass is 19.1. The quantitative estimate of drug-likeness (QED) is 0.928. The average molecular weight is 301 g/mol. The van der Waals surface area contributed by atoms with Gasteiger partial charge in [0.05, 0.1) is 0 Å². The zero-order valence-corrected chi connectivity index (χ0v) is 11.9. The minimum atomic E-state index is -0.314. The fourth-order valence-electron chi connectivity index (χ4n) is 2.53. The maximum absolute atomic E-state index is 13.7. The molecule has 0 aromatic carbocycles. The molecule has 0 saturated carbocycles. The van der Waals surface area contributed by atoms with Gasteiger partial charge >= 0.3 is 0 Å². The van der Waals surface area contributed by atoms with Crippen LogP contribution in [0.5, 0.6) is 0 Å². The third-order valence-corrected chi connectivity index (χ3v) is 3.68. The van der Waals surface area contributed by atoms with Crippen molar-refractivity contribution in [3.8, 4) is 0 Å². The fourth-order valence-corrected chi connectivity index (χ4v) is 2.53. The molecule has 7 heteroatoms. The molecule has 1 aliphatic rings. The van der Waals surface area contributed by atoms with Crippen molar-refractivity contribution >= 4 is 11.7 Å². The van der Waals surface area contributed by atoms with E-state index < -0.39 is 0 Å². The van der Waals surface area contributed by atoms with Crippen LogP contribution in [0.3, 0.4) is 0 Å². The summed E-state index contributed by atoms with van der Waals surface area (Å²) in [5.41, 5.74) is 0.355. The Hall–Kier alpha value is -2.57. The number of carbonyl (C=O) groups is 1. The van der Waals surface area contributed by atoms with Crippen LogP contribution in [-0.4, -0.2) is 40.0 Å². The number of nitrogens with zero attached hydrogens (tertiary/aromatic N) is 4. The molecule has 0 atom stereocenters. The predicted molar refractivity (Wildman–Crippen MR) is 78.9 cm³/mol. The second kappa shape index (κ2) is 6.46. The lowest BCUT2D eigenvalue weighted by Gasteiger charge is -2.33. The van der Waals surface area contributed by atoms with Gasteiger partial charge in [0.1, 0.15) is 12.0 Å². The molecule has 3 rings (SSSR count). The Morgan fingerprint density at radius 3 is 2.73 bits per heavy atom. The summed E-state index contributed by atoms with van der Waals surface area (Å²) >= 11 is 0. The number of hydrogen-bond donors (Lipinski definition) is 1. The average Bonchev–Trinajstić information content (AvgIpc) is 2.57. The van der Waals surface area contributed by atoms with Gasteiger partial charge in [-0.2, -0.15) is 0 Å². The molecule has 6 nitrogen and oxygen atoms in total. The van der Waals surface area contributed by atoms with Gasteiger partial charge in [0, 0.05) is 31.5 Å². The number of rotatable bonds is 3. The topological polar surface area (TPSA) is 71.0 Å². The van der Waals surface area contributed by atoms with Gasteiger partial charge in [0.25, 0.3) is 5.91 Å². The highest BCUT2D eigenvalue weighted by Gasteiger charge is 2.23. The van der Waals surface area contributed by atoms with Crippen LogP contribution in [0.15, 0.2) is 36.9 Å². The number of hydrogen-bond acceptors (Lipinski definition) is 5. The van der Waals surface area contributed by atoms with E-state index in [2.05, 4.69) is 20.3 Å². The van der Waals surface area contributed by atoms with Crippen LogP contribution in [0.4, 0.5) is 10.2 Å². The summed E-state index contributed by atoms with van der Waals surface area (Å²) in [6, 6.07) is 4.62. The second-order valence-electron chi connectivity index (χ2n) is 5.14. The van der Waals surface area contributed by atoms with Crippen LogP contribution >= 0.6 is 0 Å². The van der Waals surface area contributed by atoms with Gasteiger partial charge in [-0.15, -0.1) is 0 Å². The minimum Gasteiger partial charge on any atom is -0.354 e. The summed E-state index contributed by atoms with van der Waals surface area (Å²) in [5, 5.41) is 2.95. The number of pyridine rings is 1. The third kappa shape index (κ3) is 3.19. The smallest absolute Gasteiger partial charge is 0.270 e. The Labute approximate surface area is 127 Å². The summed E-state index contributed by atoms with van der Waals surface area (Å²) in [5.74, 6) is -0.140. The largest absolute Gasteiger partial charge is 0.354 e. The molecule has 1 aliphatic heterocycles. The highest BCUT2D eigenvalue weighted by Crippen LogP contribution is 2.20. The Morgan fingerprint density at radius 1 is 1.23 bits per heavy atom. The molecular weight excluding hydrogens is 285 g/mol. The van der Waals surface area contributed by atoms with Crippen molar-refractivity contribution in [1.82, 2.24) is 20.3 Å². The Kier molecular flexibility index (Phi) is 4.22. The molecule has 114 valence electrons. The molecule has 2 aromatic heterocycles. The molecular formula is C15H16FN5O. The molecule has 2 aromatic rings. The molecule has 0 aliphatic carbocycles. The predicted octanol–water partition coefficient (Wildman–Crippen LogP) is 1.41. The first-order chi connectivity index (χ1) is 10.7. The zero-order valence-electron chi connectivity index (χ0n) is 11.9. The van der Waals surface area contributed by atoms with E-state index in [0.29, 0.717) is 24.6 Å². The number of piperidine rings is 1. The molecule has 0 spiro atoms. The van der Waals surface area contributed by atoms with E-state index in [1.807, 2.05) is 4.90 Å². The van der Waals surface area contributed by atoms with Gasteiger partial charge in [-0.1, -0.05) is 0 Å². The standard InChI is InChI=1S/C15H16FN5O/c16-12-2-1-6-18-14(12)21-8-4-11(5-9-21)20-15(22)13-3-7-17-10-19-13/h1-3,6-7,10-11H,4-5,8-9H2,(H,20,22). The molecule has 1 fully saturated rings. The third-order valence-electron chi connectivity index (χ3n) is 3.68. The number of nitrogens with one attached hydrogen (secondary N) is 1. The molecule has 0 radical (unpaired) electrons. The fraction of sp³-hybridized carbons (Fsp3) is 0.333. The maximum atomic E-state index is 13.7. The van der Waals surface area contributed by atoms with Crippen LogP contribution in [0.2, 0.25) is 0 Å². The molecule has 0 unspecified atom stereocenters. The zero-order chi connectivity index (χ0) is 15.4. The Bertz CT molecular complexity index is 643. The van der Waals surface area contributed by atoms with Crippen molar-refractivity contribution in [2.45, 2.75) is 18.9 Å². The lowest BCUT2D eigenvalue weighted by molar-refractivity contribution is 0.0925.